The van der Waals surface area contributed by atoms with Crippen LogP contribution in [-0.4, -0.2) is 177 Å². The number of aromatic nitrogens is 16. The normalized spacial score (nSPS) is 12.3. The van der Waals surface area contributed by atoms with Gasteiger partial charge in [-0.3, -0.25) is 38.4 Å². The van der Waals surface area contributed by atoms with E-state index >= 15 is 0 Å². The Kier molecular flexibility index (Phi) is 43.6. The maximum Gasteiger partial charge on any atom is 0.381 e. The van der Waals surface area contributed by atoms with E-state index in [-0.39, 0.29) is 105 Å². The minimum Gasteiger partial charge on any atom is -0.497 e. The maximum atomic E-state index is 11.1. The number of methoxy groups -OCH3 is 1. The molecule has 144 heavy (non-hydrogen) atoms. The summed E-state index contributed by atoms with van der Waals surface area (Å²) < 4.78 is 19.8. The number of aliphatic carboxylic acids is 8. The van der Waals surface area contributed by atoms with Gasteiger partial charge in [-0.05, 0) is 93.7 Å². The van der Waals surface area contributed by atoms with Crippen molar-refractivity contribution in [2.45, 2.75) is 173 Å². The van der Waals surface area contributed by atoms with Gasteiger partial charge >= 0.3 is 53.6 Å². The lowest BCUT2D eigenvalue weighted by molar-refractivity contribution is -0.389. The summed E-state index contributed by atoms with van der Waals surface area (Å²) in [5.74, 6) is -2.39. The summed E-state index contributed by atoms with van der Waals surface area (Å²) in [5.41, 5.74) is 9.54. The fraction of sp³-hybridized carbons (Fsp3) is 0.259. The van der Waals surface area contributed by atoms with Gasteiger partial charge in [0.1, 0.15) is 35.2 Å². The van der Waals surface area contributed by atoms with E-state index in [1.165, 1.54) is 17.1 Å². The van der Waals surface area contributed by atoms with Gasteiger partial charge < -0.3 is 92.2 Å². The zero-order valence-corrected chi connectivity index (χ0v) is 81.0. The number of ether oxygens (including phenoxy) is 1. The van der Waals surface area contributed by atoms with Crippen LogP contribution in [0.4, 0.5) is 5.82 Å². The van der Waals surface area contributed by atoms with E-state index in [4.69, 9.17) is 45.6 Å². The van der Waals surface area contributed by atoms with Crippen LogP contribution in [0.5, 0.6) is 5.75 Å². The Morgan fingerprint density at radius 3 is 0.944 bits per heavy atom. The molecule has 8 unspecified atom stereocenters. The summed E-state index contributed by atoms with van der Waals surface area (Å²) >= 11 is 0. The standard InChI is InChI=1S/2C15H18N2O2.2C14H16N2O2.C13H14N2O3.C13H14N2O2.C12H11N3O4.C12H12N2O2/c1-11(2)15-16-8-9-17(15)13(10-14(18)19)12-6-4-3-5-7-12;1-2-6-14-16-9-10-17(14)13(11-15(18)19)12-7-4-3-5-8-12;1-10-11(2)16(9-15-10)13(8-14(17)18)12-6-4-3-5-7-12;1-2-13-15-8-9-16(13)12(10-14(17)18)11-6-4-3-5-7-11;1-18-11-4-2-10(3-5-11)12(8-13(16)17)15-7-6-14-9-15;1-10-14-7-8-15(10)12(9-13(16)17)11-5-3-2-4-6-11;16-12(17)6-10(9-4-2-1-3-5-9)14-7-11(13-8-14)15(18)19;15-12(16)8-11(14-7-6-13-9-14)10-4-2-1-3-5-10/h3-9,11,13H,10H2,1-2H3,(H,18,19);3-5,7-10,13H,2,6,11H2,1H3,(H,18,19);3-7,9,13H,8H2,1-2H3,(H,17,18);3-9,12H,2,10H2,1H3,(H,17,18);2-7,9,12H,8H2,1H3,(H,16,17);2-8,12H,9H2,1H3,(H,16,17);1-5,7-8,10H,6H2,(H,16,17);1-7,9,11H,8H2,(H,15,16). The first-order valence-corrected chi connectivity index (χ1v) is 46.3. The number of hydrogen-bond acceptors (Lipinski definition) is 19. The van der Waals surface area contributed by atoms with E-state index in [1.807, 2.05) is 292 Å². The Labute approximate surface area is 832 Å². The van der Waals surface area contributed by atoms with Crippen molar-refractivity contribution in [2.75, 3.05) is 7.11 Å². The first kappa shape index (κ1) is 110. The molecule has 8 heterocycles. The summed E-state index contributed by atoms with van der Waals surface area (Å²) in [7, 11) is 1.60. The fourth-order valence-electron chi connectivity index (χ4n) is 16.0. The third-order valence-electron chi connectivity index (χ3n) is 23.0. The smallest absolute Gasteiger partial charge is 0.381 e. The molecule has 0 amide bonds. The molecule has 0 radical (unpaired) electrons. The highest BCUT2D eigenvalue weighted by molar-refractivity contribution is 5.71. The molecule has 750 valence electrons. The number of carboxylic acid groups (broad SMARTS) is 8. The summed E-state index contributed by atoms with van der Waals surface area (Å²) in [4.78, 5) is 131. The minimum atomic E-state index is -0.981. The highest BCUT2D eigenvalue weighted by atomic mass is 16.6. The van der Waals surface area contributed by atoms with E-state index in [1.54, 1.807) is 104 Å². The molecular formula is C108H119N17O19. The van der Waals surface area contributed by atoms with E-state index < -0.39 is 58.7 Å². The monoisotopic (exact) mass is 1960 g/mol. The van der Waals surface area contributed by atoms with Gasteiger partial charge in [0.05, 0.1) is 131 Å². The summed E-state index contributed by atoms with van der Waals surface area (Å²) in [6.07, 6.45) is 31.4. The first-order chi connectivity index (χ1) is 69.4. The van der Waals surface area contributed by atoms with Crippen molar-refractivity contribution in [1.29, 1.82) is 0 Å². The molecule has 0 aliphatic rings. The minimum absolute atomic E-state index is 0.0166. The molecule has 8 atom stereocenters. The van der Waals surface area contributed by atoms with E-state index in [9.17, 15) is 48.5 Å². The quantitative estimate of drug-likeness (QED) is 0.0132. The van der Waals surface area contributed by atoms with E-state index in [2.05, 4.69) is 60.6 Å². The average Bonchev–Trinajstić information content (AvgIpc) is 1.68. The van der Waals surface area contributed by atoms with Crippen molar-refractivity contribution in [1.82, 2.24) is 76.4 Å². The zero-order valence-electron chi connectivity index (χ0n) is 81.0. The molecule has 0 aliphatic heterocycles. The Hall–Kier alpha value is -17.6. The topological polar surface area (TPSA) is 493 Å². The third-order valence-corrected chi connectivity index (χ3v) is 23.0. The van der Waals surface area contributed by atoms with Crippen LogP contribution >= 0.6 is 0 Å². The first-order valence-electron chi connectivity index (χ1n) is 46.3. The van der Waals surface area contributed by atoms with Crippen molar-refractivity contribution in [3.05, 3.63) is 432 Å². The van der Waals surface area contributed by atoms with Crippen molar-refractivity contribution in [3.63, 3.8) is 0 Å². The van der Waals surface area contributed by atoms with Crippen LogP contribution in [0.2, 0.25) is 0 Å². The Morgan fingerprint density at radius 2 is 0.639 bits per heavy atom. The summed E-state index contributed by atoms with van der Waals surface area (Å²) in [5, 5.41) is 82.9. The van der Waals surface area contributed by atoms with E-state index in [0.717, 1.165) is 104 Å². The van der Waals surface area contributed by atoms with Crippen LogP contribution in [0, 0.1) is 30.9 Å². The van der Waals surface area contributed by atoms with Crippen LogP contribution in [0.25, 0.3) is 0 Å². The molecule has 0 fully saturated rings. The Bertz CT molecular complexity index is 6580. The molecule has 0 saturated carbocycles. The lowest BCUT2D eigenvalue weighted by Crippen LogP contribution is -2.17. The predicted molar refractivity (Wildman–Crippen MR) is 537 cm³/mol. The molecule has 0 aliphatic carbocycles. The second-order valence-corrected chi connectivity index (χ2v) is 33.2. The number of aryl methyl sites for hydroxylation is 4. The summed E-state index contributed by atoms with van der Waals surface area (Å²) in [6.45, 7) is 14.0. The predicted octanol–water partition coefficient (Wildman–Crippen LogP) is 19.1. The molecule has 36 nitrogen and oxygen atoms in total. The van der Waals surface area contributed by atoms with Crippen LogP contribution in [0.3, 0.4) is 0 Å². The molecule has 16 rings (SSSR count). The van der Waals surface area contributed by atoms with Crippen molar-refractivity contribution < 1.29 is 88.9 Å². The number of rotatable bonds is 38. The maximum absolute atomic E-state index is 11.1. The second kappa shape index (κ2) is 57.1. The van der Waals surface area contributed by atoms with Gasteiger partial charge in [-0.15, -0.1) is 0 Å². The molecule has 8 aromatic carbocycles. The van der Waals surface area contributed by atoms with Gasteiger partial charge in [0.25, 0.3) is 0 Å². The van der Waals surface area contributed by atoms with E-state index in [0.29, 0.717) is 0 Å². The lowest BCUT2D eigenvalue weighted by atomic mass is 10.0. The number of nitrogens with zero attached hydrogens (tertiary/aromatic N) is 17. The average molecular weight is 1960 g/mol. The fourth-order valence-corrected chi connectivity index (χ4v) is 16.0. The van der Waals surface area contributed by atoms with Crippen molar-refractivity contribution in [2.24, 2.45) is 0 Å². The van der Waals surface area contributed by atoms with Crippen LogP contribution in [0.1, 0.15) is 219 Å². The molecule has 8 aromatic heterocycles. The molecule has 0 spiro atoms. The summed E-state index contributed by atoms with van der Waals surface area (Å²) in [6, 6.07) is 72.3. The van der Waals surface area contributed by atoms with Gasteiger partial charge in [-0.2, -0.15) is 0 Å². The molecule has 8 N–H and O–H groups in total. The third kappa shape index (κ3) is 34.2. The molecule has 0 saturated heterocycles. The second-order valence-electron chi connectivity index (χ2n) is 33.2. The molecular weight excluding hydrogens is 1840 g/mol. The number of nitro groups is 1. The van der Waals surface area contributed by atoms with Crippen molar-refractivity contribution >= 4 is 53.6 Å². The lowest BCUT2D eigenvalue weighted by Gasteiger charge is -2.21. The molecule has 16 aromatic rings. The number of hydrogen-bond donors (Lipinski definition) is 8. The highest BCUT2D eigenvalue weighted by Crippen LogP contribution is 2.33. The Morgan fingerprint density at radius 1 is 0.333 bits per heavy atom. The van der Waals surface area contributed by atoms with Gasteiger partial charge in [0.15, 0.2) is 0 Å². The molecule has 0 bridgehead atoms. The number of benzene rings is 8. The SMILES string of the molecule is CC(C)c1nccn1C(CC(=O)O)c1ccccc1.CCCc1nccn1C(CC(=O)O)c1ccccc1.CCc1nccn1C(CC(=O)O)c1ccccc1.COc1ccc(C(CC(=O)O)n2ccnc2)cc1.Cc1nccn1C(CC(=O)O)c1ccccc1.Cc1ncn(C(CC(=O)O)c2ccccc2)c1C.O=C(O)CC(c1ccccc1)n1ccnc1.O=C(O)CC(c1ccccc1)n1cnc([N+](=O)[O-])c1. The van der Waals surface area contributed by atoms with Gasteiger partial charge in [0, 0.05) is 98.8 Å². The number of carboxylic acids is 8. The highest BCUT2D eigenvalue weighted by Gasteiger charge is 2.28. The van der Waals surface area contributed by atoms with Gasteiger partial charge in [-0.25, -0.2) is 34.9 Å². The molecule has 36 heteroatoms. The van der Waals surface area contributed by atoms with Gasteiger partial charge in [-0.1, -0.05) is 252 Å². The largest absolute Gasteiger partial charge is 0.497 e. The van der Waals surface area contributed by atoms with Crippen LogP contribution in [0.15, 0.2) is 342 Å². The number of imidazole rings is 8. The zero-order chi connectivity index (χ0) is 104. The number of carbonyl (C=O) groups is 8. The van der Waals surface area contributed by atoms with Crippen molar-refractivity contribution in [3.8, 4) is 5.75 Å². The Balaban J connectivity index is 0.000000183. The van der Waals surface area contributed by atoms with Crippen LogP contribution in [-0.2, 0) is 51.2 Å². The van der Waals surface area contributed by atoms with Gasteiger partial charge in [0.2, 0.25) is 6.33 Å². The van der Waals surface area contributed by atoms with Crippen LogP contribution < -0.4 is 4.74 Å².